The first-order valence-electron chi connectivity index (χ1n) is 9.81. The summed E-state index contributed by atoms with van der Waals surface area (Å²) in [7, 11) is 0. The molecular weight excluding hydrogens is 322 g/mol. The molecule has 4 heterocycles. The predicted molar refractivity (Wildman–Crippen MR) is 99.0 cm³/mol. The summed E-state index contributed by atoms with van der Waals surface area (Å²) in [5, 5.41) is 8.80. The molecule has 2 unspecified atom stereocenters. The maximum Gasteiger partial charge on any atom is 0.0877 e. The van der Waals surface area contributed by atoms with E-state index in [1.54, 1.807) is 0 Å². The summed E-state index contributed by atoms with van der Waals surface area (Å²) in [6.07, 6.45) is 5.12. The van der Waals surface area contributed by atoms with Gasteiger partial charge in [-0.25, -0.2) is 10.0 Å². The van der Waals surface area contributed by atoms with Crippen LogP contribution in [0.1, 0.15) is 19.3 Å². The van der Waals surface area contributed by atoms with Crippen LogP contribution in [0.5, 0.6) is 0 Å². The first-order valence-corrected chi connectivity index (χ1v) is 11.0. The lowest BCUT2D eigenvalue weighted by Crippen LogP contribution is -2.68. The fourth-order valence-electron chi connectivity index (χ4n) is 4.57. The molecule has 4 fully saturated rings. The topological polar surface area (TPSA) is 34.2 Å². The first kappa shape index (κ1) is 17.5. The number of rotatable bonds is 3. The van der Waals surface area contributed by atoms with Gasteiger partial charge in [-0.05, 0) is 25.9 Å². The van der Waals surface area contributed by atoms with Gasteiger partial charge in [0.15, 0.2) is 0 Å². The Morgan fingerprint density at radius 3 is 2.54 bits per heavy atom. The Kier molecular flexibility index (Phi) is 6.32. The fourth-order valence-corrected chi connectivity index (χ4v) is 5.63. The van der Waals surface area contributed by atoms with Crippen molar-refractivity contribution < 1.29 is 4.74 Å². The molecule has 4 aliphatic heterocycles. The minimum atomic E-state index is 0.480. The van der Waals surface area contributed by atoms with Crippen LogP contribution in [0.3, 0.4) is 0 Å². The Bertz CT molecular complexity index is 353. The summed E-state index contributed by atoms with van der Waals surface area (Å²) in [4.78, 5) is 5.46. The predicted octanol–water partition coefficient (Wildman–Crippen LogP) is 0.326. The minimum Gasteiger partial charge on any atom is -0.377 e. The molecule has 138 valence electrons. The van der Waals surface area contributed by atoms with Crippen LogP contribution in [0.2, 0.25) is 0 Å². The molecule has 0 aliphatic carbocycles. The molecule has 0 aromatic rings. The third kappa shape index (κ3) is 3.92. The minimum absolute atomic E-state index is 0.480. The monoisotopic (exact) mass is 355 g/mol. The smallest absolute Gasteiger partial charge is 0.0877 e. The Labute approximate surface area is 150 Å². The number of nitrogens with zero attached hydrogens (tertiary/aromatic N) is 4. The average molecular weight is 356 g/mol. The van der Waals surface area contributed by atoms with Crippen LogP contribution >= 0.6 is 11.8 Å². The molecular formula is C17H33N5OS. The summed E-state index contributed by atoms with van der Waals surface area (Å²) < 4.78 is 5.90. The number of nitrogens with one attached hydrogen (secondary N) is 1. The lowest BCUT2D eigenvalue weighted by atomic mass is 10.1. The van der Waals surface area contributed by atoms with Gasteiger partial charge in [-0.3, -0.25) is 9.80 Å². The summed E-state index contributed by atoms with van der Waals surface area (Å²) in [5.41, 5.74) is 0. The maximum atomic E-state index is 5.90. The van der Waals surface area contributed by atoms with Gasteiger partial charge in [0.25, 0.3) is 0 Å². The standard InChI is InChI=1S/C17H33N5OS/c1-2-6-19(7-3-1)16-14-23-12-10-21(16)17-15-24-13-11-22(17)20-8-4-18-5-9-20/h16-18H,1-15H2. The molecule has 0 aromatic heterocycles. The largest absolute Gasteiger partial charge is 0.377 e. The van der Waals surface area contributed by atoms with Gasteiger partial charge in [0.1, 0.15) is 0 Å². The van der Waals surface area contributed by atoms with E-state index < -0.39 is 0 Å². The van der Waals surface area contributed by atoms with E-state index in [1.165, 1.54) is 50.4 Å². The van der Waals surface area contributed by atoms with Gasteiger partial charge in [0.2, 0.25) is 0 Å². The van der Waals surface area contributed by atoms with Crippen LogP contribution < -0.4 is 5.32 Å². The van der Waals surface area contributed by atoms with Gasteiger partial charge in [-0.2, -0.15) is 11.8 Å². The van der Waals surface area contributed by atoms with Crippen LogP contribution in [-0.2, 0) is 4.74 Å². The molecule has 0 amide bonds. The Hall–Kier alpha value is 0.110. The van der Waals surface area contributed by atoms with E-state index in [0.29, 0.717) is 12.3 Å². The summed E-state index contributed by atoms with van der Waals surface area (Å²) in [6.45, 7) is 11.1. The van der Waals surface area contributed by atoms with Crippen molar-refractivity contribution in [2.24, 2.45) is 0 Å². The van der Waals surface area contributed by atoms with Gasteiger partial charge >= 0.3 is 0 Å². The average Bonchev–Trinajstić information content (AvgIpc) is 2.69. The van der Waals surface area contributed by atoms with Crippen LogP contribution in [0.25, 0.3) is 0 Å². The van der Waals surface area contributed by atoms with Crippen molar-refractivity contribution in [3.8, 4) is 0 Å². The third-order valence-corrected chi connectivity index (χ3v) is 6.88. The molecule has 0 radical (unpaired) electrons. The van der Waals surface area contributed by atoms with E-state index in [2.05, 4.69) is 36.9 Å². The Morgan fingerprint density at radius 2 is 1.71 bits per heavy atom. The van der Waals surface area contributed by atoms with E-state index in [1.807, 2.05) is 0 Å². The Balaban J connectivity index is 1.48. The second kappa shape index (κ2) is 8.66. The Morgan fingerprint density at radius 1 is 0.875 bits per heavy atom. The molecule has 4 aliphatic rings. The zero-order valence-corrected chi connectivity index (χ0v) is 15.7. The third-order valence-electron chi connectivity index (χ3n) is 5.87. The number of hydrazine groups is 1. The van der Waals surface area contributed by atoms with Crippen molar-refractivity contribution in [2.75, 3.05) is 77.1 Å². The fraction of sp³-hybridized carbons (Fsp3) is 1.00. The molecule has 2 atom stereocenters. The summed E-state index contributed by atoms with van der Waals surface area (Å²) in [5.74, 6) is 2.49. The van der Waals surface area contributed by atoms with Gasteiger partial charge in [0.05, 0.1) is 25.5 Å². The number of hydrogen-bond acceptors (Lipinski definition) is 7. The van der Waals surface area contributed by atoms with Crippen molar-refractivity contribution in [2.45, 2.75) is 31.6 Å². The number of piperazine rings is 1. The van der Waals surface area contributed by atoms with E-state index in [-0.39, 0.29) is 0 Å². The summed E-state index contributed by atoms with van der Waals surface area (Å²) in [6, 6.07) is 0. The van der Waals surface area contributed by atoms with Gasteiger partial charge in [0, 0.05) is 50.8 Å². The zero-order chi connectivity index (χ0) is 16.2. The van der Waals surface area contributed by atoms with Gasteiger partial charge in [-0.15, -0.1) is 0 Å². The lowest BCUT2D eigenvalue weighted by Gasteiger charge is -2.53. The van der Waals surface area contributed by atoms with Crippen molar-refractivity contribution in [1.82, 2.24) is 25.1 Å². The van der Waals surface area contributed by atoms with Gasteiger partial charge in [-0.1, -0.05) is 6.42 Å². The number of ether oxygens (including phenoxy) is 1. The highest BCUT2D eigenvalue weighted by molar-refractivity contribution is 7.99. The van der Waals surface area contributed by atoms with Crippen molar-refractivity contribution >= 4 is 11.8 Å². The number of piperidine rings is 1. The van der Waals surface area contributed by atoms with Crippen LogP contribution in [0.15, 0.2) is 0 Å². The molecule has 0 bridgehead atoms. The van der Waals surface area contributed by atoms with Crippen molar-refractivity contribution in [3.05, 3.63) is 0 Å². The number of morpholine rings is 1. The highest BCUT2D eigenvalue weighted by atomic mass is 32.2. The zero-order valence-electron chi connectivity index (χ0n) is 14.9. The molecule has 4 saturated heterocycles. The van der Waals surface area contributed by atoms with Crippen LogP contribution in [0.4, 0.5) is 0 Å². The van der Waals surface area contributed by atoms with E-state index in [9.17, 15) is 0 Å². The van der Waals surface area contributed by atoms with Crippen molar-refractivity contribution in [3.63, 3.8) is 0 Å². The normalized spacial score (nSPS) is 36.0. The SMILES string of the molecule is C1CCN(C2COCCN2C2CSCCN2N2CCNCC2)CC1. The molecule has 6 nitrogen and oxygen atoms in total. The quantitative estimate of drug-likeness (QED) is 0.781. The van der Waals surface area contributed by atoms with E-state index >= 15 is 0 Å². The highest BCUT2D eigenvalue weighted by Crippen LogP contribution is 2.27. The second-order valence-electron chi connectivity index (χ2n) is 7.31. The number of thioether (sulfide) groups is 1. The van der Waals surface area contributed by atoms with Crippen LogP contribution in [0, 0.1) is 0 Å². The lowest BCUT2D eigenvalue weighted by molar-refractivity contribution is -0.171. The number of hydrogen-bond donors (Lipinski definition) is 1. The van der Waals surface area contributed by atoms with Crippen LogP contribution in [-0.4, -0.2) is 109 Å². The second-order valence-corrected chi connectivity index (χ2v) is 8.46. The maximum absolute atomic E-state index is 5.90. The summed E-state index contributed by atoms with van der Waals surface area (Å²) >= 11 is 2.13. The number of likely N-dealkylation sites (tertiary alicyclic amines) is 1. The molecule has 24 heavy (non-hydrogen) atoms. The molecule has 0 aromatic carbocycles. The van der Waals surface area contributed by atoms with Gasteiger partial charge < -0.3 is 10.1 Å². The van der Waals surface area contributed by atoms with Crippen molar-refractivity contribution in [1.29, 1.82) is 0 Å². The molecule has 7 heteroatoms. The van der Waals surface area contributed by atoms with E-state index in [4.69, 9.17) is 4.74 Å². The first-order chi connectivity index (χ1) is 11.9. The molecule has 1 N–H and O–H groups in total. The molecule has 0 saturated carbocycles. The van der Waals surface area contributed by atoms with E-state index in [0.717, 1.165) is 45.9 Å². The molecule has 0 spiro atoms. The molecule has 4 rings (SSSR count). The highest BCUT2D eigenvalue weighted by Gasteiger charge is 2.39.